The first-order valence-corrected chi connectivity index (χ1v) is 9.25. The highest BCUT2D eigenvalue weighted by molar-refractivity contribution is 7.19. The molecule has 0 aliphatic carbocycles. The molecule has 2 amide bonds. The number of rotatable bonds is 3. The lowest BCUT2D eigenvalue weighted by Gasteiger charge is -2.33. The van der Waals surface area contributed by atoms with Crippen LogP contribution in [-0.4, -0.2) is 64.6 Å². The van der Waals surface area contributed by atoms with Gasteiger partial charge in [-0.05, 0) is 25.1 Å². The monoisotopic (exact) mass is 396 g/mol. The normalized spacial score (nSPS) is 14.4. The predicted octanol–water partition coefficient (Wildman–Crippen LogP) is 2.07. The summed E-state index contributed by atoms with van der Waals surface area (Å²) in [6, 6.07) is 5.03. The van der Waals surface area contributed by atoms with Gasteiger partial charge in [-0.1, -0.05) is 11.6 Å². The van der Waals surface area contributed by atoms with E-state index in [1.165, 1.54) is 11.3 Å². The molecule has 0 spiro atoms. The number of hydrogen-bond donors (Lipinski definition) is 1. The molecule has 26 heavy (non-hydrogen) atoms. The molecule has 2 aromatic heterocycles. The van der Waals surface area contributed by atoms with E-state index >= 15 is 0 Å². The third kappa shape index (κ3) is 4.05. The number of piperazine rings is 1. The second-order valence-electron chi connectivity index (χ2n) is 5.57. The number of thiophene rings is 1. The minimum absolute atomic E-state index is 0.0675. The van der Waals surface area contributed by atoms with Crippen molar-refractivity contribution < 1.29 is 14.3 Å². The molecule has 2 aromatic rings. The second kappa shape index (κ2) is 7.88. The van der Waals surface area contributed by atoms with Crippen LogP contribution in [0.15, 0.2) is 23.0 Å². The summed E-state index contributed by atoms with van der Waals surface area (Å²) in [5.74, 6) is -0.344. The zero-order valence-electron chi connectivity index (χ0n) is 14.0. The Bertz CT molecular complexity index is 873. The number of carbonyl (C=O) groups excluding carboxylic acids is 2. The first-order valence-electron chi connectivity index (χ1n) is 8.06. The van der Waals surface area contributed by atoms with Gasteiger partial charge in [0.05, 0.1) is 21.5 Å². The Morgan fingerprint density at radius 1 is 1.27 bits per heavy atom. The van der Waals surface area contributed by atoms with Crippen molar-refractivity contribution in [1.82, 2.24) is 19.8 Å². The number of H-pyrrole nitrogens is 1. The highest BCUT2D eigenvalue weighted by atomic mass is 35.5. The maximum Gasteiger partial charge on any atom is 0.409 e. The third-order valence-corrected chi connectivity index (χ3v) is 5.16. The van der Waals surface area contributed by atoms with Crippen molar-refractivity contribution in [1.29, 1.82) is 0 Å². The summed E-state index contributed by atoms with van der Waals surface area (Å²) >= 11 is 7.23. The van der Waals surface area contributed by atoms with E-state index in [4.69, 9.17) is 16.3 Å². The number of nitrogens with one attached hydrogen (secondary N) is 1. The van der Waals surface area contributed by atoms with Crippen LogP contribution >= 0.6 is 22.9 Å². The summed E-state index contributed by atoms with van der Waals surface area (Å²) in [6.07, 6.45) is -0.384. The third-order valence-electron chi connectivity index (χ3n) is 3.90. The molecule has 0 saturated carbocycles. The van der Waals surface area contributed by atoms with Gasteiger partial charge in [-0.2, -0.15) is 4.98 Å². The fourth-order valence-electron chi connectivity index (χ4n) is 2.63. The Labute approximate surface area is 158 Å². The van der Waals surface area contributed by atoms with Crippen LogP contribution in [0, 0.1) is 0 Å². The first-order chi connectivity index (χ1) is 12.5. The van der Waals surface area contributed by atoms with Gasteiger partial charge < -0.3 is 19.5 Å². The number of ether oxygens (including phenoxy) is 1. The van der Waals surface area contributed by atoms with E-state index < -0.39 is 5.69 Å². The molecule has 1 N–H and O–H groups in total. The van der Waals surface area contributed by atoms with Crippen LogP contribution in [0.5, 0.6) is 0 Å². The number of hydrogen-bond acceptors (Lipinski definition) is 6. The first kappa shape index (κ1) is 18.4. The smallest absolute Gasteiger partial charge is 0.409 e. The van der Waals surface area contributed by atoms with Crippen LogP contribution < -0.4 is 5.69 Å². The van der Waals surface area contributed by atoms with Crippen molar-refractivity contribution >= 4 is 34.9 Å². The summed E-state index contributed by atoms with van der Waals surface area (Å²) < 4.78 is 5.54. The SMILES string of the molecule is CCOC(=O)N1CCN(C(=O)c2cc(-c3ccc(Cl)s3)[nH]c(=O)n2)CC1. The van der Waals surface area contributed by atoms with Gasteiger partial charge in [-0.25, -0.2) is 9.59 Å². The fourth-order valence-corrected chi connectivity index (χ4v) is 3.64. The van der Waals surface area contributed by atoms with Gasteiger partial charge in [0.15, 0.2) is 0 Å². The van der Waals surface area contributed by atoms with E-state index in [9.17, 15) is 14.4 Å². The molecule has 8 nitrogen and oxygen atoms in total. The van der Waals surface area contributed by atoms with Gasteiger partial charge in [0.25, 0.3) is 5.91 Å². The number of halogens is 1. The van der Waals surface area contributed by atoms with Crippen molar-refractivity contribution in [2.75, 3.05) is 32.8 Å². The minimum Gasteiger partial charge on any atom is -0.450 e. The predicted molar refractivity (Wildman–Crippen MR) is 97.7 cm³/mol. The molecule has 138 valence electrons. The molecule has 1 aliphatic heterocycles. The molecule has 0 aromatic carbocycles. The van der Waals surface area contributed by atoms with Gasteiger partial charge in [0.1, 0.15) is 5.69 Å². The van der Waals surface area contributed by atoms with Crippen LogP contribution in [0.4, 0.5) is 4.79 Å². The number of aromatic amines is 1. The molecule has 0 radical (unpaired) electrons. The Morgan fingerprint density at radius 3 is 2.58 bits per heavy atom. The number of amides is 2. The van der Waals surface area contributed by atoms with Crippen molar-refractivity contribution in [3.63, 3.8) is 0 Å². The molecule has 1 saturated heterocycles. The molecule has 3 rings (SSSR count). The topological polar surface area (TPSA) is 95.6 Å². The lowest BCUT2D eigenvalue weighted by molar-refractivity contribution is 0.0565. The van der Waals surface area contributed by atoms with Gasteiger partial charge in [0.2, 0.25) is 0 Å². The van der Waals surface area contributed by atoms with Crippen molar-refractivity contribution in [2.24, 2.45) is 0 Å². The summed E-state index contributed by atoms with van der Waals surface area (Å²) in [6.45, 7) is 3.51. The van der Waals surface area contributed by atoms with Crippen molar-refractivity contribution in [3.05, 3.63) is 38.7 Å². The van der Waals surface area contributed by atoms with Gasteiger partial charge in [-0.3, -0.25) is 4.79 Å². The zero-order chi connectivity index (χ0) is 18.7. The number of nitrogens with zero attached hydrogens (tertiary/aromatic N) is 3. The molecule has 10 heteroatoms. The average molecular weight is 397 g/mol. The summed E-state index contributed by atoms with van der Waals surface area (Å²) in [5.41, 5.74) is -0.0335. The van der Waals surface area contributed by atoms with E-state index in [-0.39, 0.29) is 17.7 Å². The maximum absolute atomic E-state index is 12.7. The largest absolute Gasteiger partial charge is 0.450 e. The summed E-state index contributed by atoms with van der Waals surface area (Å²) in [7, 11) is 0. The highest BCUT2D eigenvalue weighted by Gasteiger charge is 2.26. The lowest BCUT2D eigenvalue weighted by Crippen LogP contribution is -2.51. The van der Waals surface area contributed by atoms with E-state index in [2.05, 4.69) is 9.97 Å². The van der Waals surface area contributed by atoms with Crippen LogP contribution in [0.3, 0.4) is 0 Å². The summed E-state index contributed by atoms with van der Waals surface area (Å²) in [4.78, 5) is 46.6. The molecule has 3 heterocycles. The van der Waals surface area contributed by atoms with Gasteiger partial charge in [0, 0.05) is 26.2 Å². The van der Waals surface area contributed by atoms with Crippen LogP contribution in [-0.2, 0) is 4.74 Å². The van der Waals surface area contributed by atoms with Crippen LogP contribution in [0.1, 0.15) is 17.4 Å². The zero-order valence-corrected chi connectivity index (χ0v) is 15.6. The molecule has 0 atom stereocenters. The average Bonchev–Trinajstić information content (AvgIpc) is 3.07. The van der Waals surface area contributed by atoms with Crippen molar-refractivity contribution in [2.45, 2.75) is 6.92 Å². The van der Waals surface area contributed by atoms with E-state index in [1.54, 1.807) is 34.9 Å². The quantitative estimate of drug-likeness (QED) is 0.856. The minimum atomic E-state index is -0.597. The van der Waals surface area contributed by atoms with E-state index in [0.29, 0.717) is 42.8 Å². The molecular weight excluding hydrogens is 380 g/mol. The van der Waals surface area contributed by atoms with Gasteiger partial charge in [-0.15, -0.1) is 11.3 Å². The van der Waals surface area contributed by atoms with E-state index in [1.807, 2.05) is 0 Å². The van der Waals surface area contributed by atoms with Crippen molar-refractivity contribution in [3.8, 4) is 10.6 Å². The standard InChI is InChI=1S/C16H17ClN4O4S/c1-2-25-16(24)21-7-5-20(6-8-21)14(22)11-9-10(18-15(23)19-11)12-3-4-13(17)26-12/h3-4,9H,2,5-8H2,1H3,(H,18,19,23). The molecule has 1 aliphatic rings. The molecule has 0 unspecified atom stereocenters. The van der Waals surface area contributed by atoms with Gasteiger partial charge >= 0.3 is 11.8 Å². The Hall–Kier alpha value is -2.39. The Balaban J connectivity index is 1.74. The lowest BCUT2D eigenvalue weighted by atomic mass is 10.2. The Kier molecular flexibility index (Phi) is 5.58. The second-order valence-corrected chi connectivity index (χ2v) is 7.28. The maximum atomic E-state index is 12.7. The fraction of sp³-hybridized carbons (Fsp3) is 0.375. The molecule has 1 fully saturated rings. The highest BCUT2D eigenvalue weighted by Crippen LogP contribution is 2.29. The summed E-state index contributed by atoms with van der Waals surface area (Å²) in [5, 5.41) is 0. The van der Waals surface area contributed by atoms with Crippen LogP contribution in [0.2, 0.25) is 4.34 Å². The van der Waals surface area contributed by atoms with Crippen LogP contribution in [0.25, 0.3) is 10.6 Å². The molecular formula is C16H17ClN4O4S. The number of carbonyl (C=O) groups is 2. The molecule has 0 bridgehead atoms. The number of aromatic nitrogens is 2. The Morgan fingerprint density at radius 2 is 1.96 bits per heavy atom. The van der Waals surface area contributed by atoms with E-state index in [0.717, 1.165) is 4.88 Å².